The number of aliphatic imine (C=N–C) groups is 1. The SMILES string of the molecule is CCNC(=NCc1ccccc1)N1CCC(COCCOC)C1.I. The summed E-state index contributed by atoms with van der Waals surface area (Å²) in [4.78, 5) is 7.12. The lowest BCUT2D eigenvalue weighted by molar-refractivity contribution is 0.0536. The van der Waals surface area contributed by atoms with Gasteiger partial charge in [-0.15, -0.1) is 24.0 Å². The van der Waals surface area contributed by atoms with Gasteiger partial charge in [-0.1, -0.05) is 30.3 Å². The molecule has 1 unspecified atom stereocenters. The summed E-state index contributed by atoms with van der Waals surface area (Å²) in [7, 11) is 1.70. The molecular formula is C18H30IN3O2. The molecule has 0 saturated carbocycles. The predicted octanol–water partition coefficient (Wildman–Crippen LogP) is 2.76. The Kier molecular flexibility index (Phi) is 11.0. The molecule has 1 saturated heterocycles. The van der Waals surface area contributed by atoms with Crippen molar-refractivity contribution in [3.63, 3.8) is 0 Å². The summed E-state index contributed by atoms with van der Waals surface area (Å²) in [6.07, 6.45) is 1.16. The number of likely N-dealkylation sites (tertiary alicyclic amines) is 1. The fourth-order valence-corrected chi connectivity index (χ4v) is 2.73. The first-order valence-corrected chi connectivity index (χ1v) is 8.47. The fourth-order valence-electron chi connectivity index (χ4n) is 2.73. The van der Waals surface area contributed by atoms with Crippen LogP contribution in [0.3, 0.4) is 0 Å². The van der Waals surface area contributed by atoms with Crippen LogP contribution in [0.25, 0.3) is 0 Å². The summed E-state index contributed by atoms with van der Waals surface area (Å²) in [5.74, 6) is 1.59. The summed E-state index contributed by atoms with van der Waals surface area (Å²) in [5.41, 5.74) is 1.24. The van der Waals surface area contributed by atoms with Crippen LogP contribution < -0.4 is 5.32 Å². The van der Waals surface area contributed by atoms with Crippen LogP contribution in [0, 0.1) is 5.92 Å². The third kappa shape index (κ3) is 7.36. The Morgan fingerprint density at radius 3 is 2.79 bits per heavy atom. The first-order chi connectivity index (χ1) is 11.3. The second-order valence-corrected chi connectivity index (χ2v) is 5.82. The third-order valence-electron chi connectivity index (χ3n) is 3.96. The van der Waals surface area contributed by atoms with Gasteiger partial charge < -0.3 is 19.7 Å². The molecule has 0 aromatic heterocycles. The lowest BCUT2D eigenvalue weighted by Crippen LogP contribution is -2.40. The van der Waals surface area contributed by atoms with E-state index in [2.05, 4.69) is 41.4 Å². The van der Waals surface area contributed by atoms with Crippen molar-refractivity contribution >= 4 is 29.9 Å². The van der Waals surface area contributed by atoms with E-state index in [-0.39, 0.29) is 24.0 Å². The minimum absolute atomic E-state index is 0. The van der Waals surface area contributed by atoms with E-state index in [1.165, 1.54) is 5.56 Å². The van der Waals surface area contributed by atoms with Crippen LogP contribution in [0.1, 0.15) is 18.9 Å². The van der Waals surface area contributed by atoms with E-state index < -0.39 is 0 Å². The molecular weight excluding hydrogens is 417 g/mol. The number of rotatable bonds is 8. The number of guanidine groups is 1. The molecule has 0 bridgehead atoms. The maximum Gasteiger partial charge on any atom is 0.194 e. The topological polar surface area (TPSA) is 46.1 Å². The Labute approximate surface area is 162 Å². The number of methoxy groups -OCH3 is 1. The predicted molar refractivity (Wildman–Crippen MR) is 109 cm³/mol. The first-order valence-electron chi connectivity index (χ1n) is 8.47. The number of hydrogen-bond acceptors (Lipinski definition) is 3. The van der Waals surface area contributed by atoms with Gasteiger partial charge in [-0.25, -0.2) is 4.99 Å². The summed E-state index contributed by atoms with van der Waals surface area (Å²) in [6.45, 7) is 7.91. The van der Waals surface area contributed by atoms with Gasteiger partial charge >= 0.3 is 0 Å². The Morgan fingerprint density at radius 2 is 2.08 bits per heavy atom. The van der Waals surface area contributed by atoms with Gasteiger partial charge in [-0.05, 0) is 18.9 Å². The van der Waals surface area contributed by atoms with E-state index in [1.807, 2.05) is 6.07 Å². The first kappa shape index (κ1) is 21.2. The van der Waals surface area contributed by atoms with Gasteiger partial charge in [0.1, 0.15) is 0 Å². The molecule has 1 aliphatic rings. The molecule has 1 N–H and O–H groups in total. The van der Waals surface area contributed by atoms with Crippen LogP contribution in [0.4, 0.5) is 0 Å². The third-order valence-corrected chi connectivity index (χ3v) is 3.96. The van der Waals surface area contributed by atoms with Gasteiger partial charge in [0.15, 0.2) is 5.96 Å². The highest BCUT2D eigenvalue weighted by Gasteiger charge is 2.24. The summed E-state index contributed by atoms with van der Waals surface area (Å²) >= 11 is 0. The van der Waals surface area contributed by atoms with Crippen molar-refractivity contribution in [1.82, 2.24) is 10.2 Å². The zero-order chi connectivity index (χ0) is 16.3. The van der Waals surface area contributed by atoms with Crippen LogP contribution in [-0.2, 0) is 16.0 Å². The zero-order valence-electron chi connectivity index (χ0n) is 14.7. The molecule has 0 amide bonds. The number of hydrogen-bond donors (Lipinski definition) is 1. The zero-order valence-corrected chi connectivity index (χ0v) is 17.1. The molecule has 24 heavy (non-hydrogen) atoms. The molecule has 1 aromatic carbocycles. The van der Waals surface area contributed by atoms with E-state index in [0.29, 0.717) is 25.7 Å². The Bertz CT molecular complexity index is 471. The van der Waals surface area contributed by atoms with E-state index >= 15 is 0 Å². The van der Waals surface area contributed by atoms with Crippen LogP contribution >= 0.6 is 24.0 Å². The highest BCUT2D eigenvalue weighted by atomic mass is 127. The van der Waals surface area contributed by atoms with Gasteiger partial charge in [0.25, 0.3) is 0 Å². The van der Waals surface area contributed by atoms with Gasteiger partial charge in [-0.3, -0.25) is 0 Å². The second kappa shape index (κ2) is 12.5. The lowest BCUT2D eigenvalue weighted by Gasteiger charge is -2.21. The Balaban J connectivity index is 0.00000288. The number of halogens is 1. The van der Waals surface area contributed by atoms with Crippen molar-refractivity contribution in [2.45, 2.75) is 19.9 Å². The van der Waals surface area contributed by atoms with E-state index in [4.69, 9.17) is 14.5 Å². The lowest BCUT2D eigenvalue weighted by atomic mass is 10.1. The molecule has 136 valence electrons. The molecule has 6 heteroatoms. The molecule has 1 aromatic rings. The van der Waals surface area contributed by atoms with Crippen molar-refractivity contribution in [1.29, 1.82) is 0 Å². The Morgan fingerprint density at radius 1 is 1.29 bits per heavy atom. The maximum absolute atomic E-state index is 5.66. The van der Waals surface area contributed by atoms with Gasteiger partial charge in [0, 0.05) is 32.7 Å². The number of benzene rings is 1. The minimum atomic E-state index is 0. The molecule has 0 radical (unpaired) electrons. The number of nitrogens with one attached hydrogen (secondary N) is 1. The average Bonchev–Trinajstić information content (AvgIpc) is 3.05. The molecule has 5 nitrogen and oxygen atoms in total. The molecule has 2 rings (SSSR count). The molecule has 1 fully saturated rings. The maximum atomic E-state index is 5.66. The van der Waals surface area contributed by atoms with E-state index in [9.17, 15) is 0 Å². The monoisotopic (exact) mass is 447 g/mol. The van der Waals surface area contributed by atoms with Gasteiger partial charge in [0.2, 0.25) is 0 Å². The normalized spacial score (nSPS) is 17.7. The van der Waals surface area contributed by atoms with Crippen LogP contribution in [0.5, 0.6) is 0 Å². The average molecular weight is 447 g/mol. The van der Waals surface area contributed by atoms with Gasteiger partial charge in [0.05, 0.1) is 26.4 Å². The minimum Gasteiger partial charge on any atom is -0.382 e. The largest absolute Gasteiger partial charge is 0.382 e. The summed E-state index contributed by atoms with van der Waals surface area (Å²) in [5, 5.41) is 3.41. The summed E-state index contributed by atoms with van der Waals surface area (Å²) < 4.78 is 10.7. The second-order valence-electron chi connectivity index (χ2n) is 5.82. The van der Waals surface area contributed by atoms with Crippen molar-refractivity contribution in [2.24, 2.45) is 10.9 Å². The van der Waals surface area contributed by atoms with Crippen molar-refractivity contribution in [3.05, 3.63) is 35.9 Å². The van der Waals surface area contributed by atoms with E-state index in [1.54, 1.807) is 7.11 Å². The molecule has 1 aliphatic heterocycles. The fraction of sp³-hybridized carbons (Fsp3) is 0.611. The van der Waals surface area contributed by atoms with Crippen molar-refractivity contribution in [2.75, 3.05) is 46.6 Å². The highest BCUT2D eigenvalue weighted by molar-refractivity contribution is 14.0. The highest BCUT2D eigenvalue weighted by Crippen LogP contribution is 2.17. The number of ether oxygens (including phenoxy) is 2. The molecule has 0 spiro atoms. The molecule has 1 atom stereocenters. The summed E-state index contributed by atoms with van der Waals surface area (Å²) in [6, 6.07) is 10.4. The quantitative estimate of drug-likeness (QED) is 0.288. The number of nitrogens with zero attached hydrogens (tertiary/aromatic N) is 2. The van der Waals surface area contributed by atoms with Crippen LogP contribution in [0.15, 0.2) is 35.3 Å². The van der Waals surface area contributed by atoms with E-state index in [0.717, 1.165) is 38.6 Å². The van der Waals surface area contributed by atoms with Crippen molar-refractivity contribution in [3.8, 4) is 0 Å². The van der Waals surface area contributed by atoms with Gasteiger partial charge in [-0.2, -0.15) is 0 Å². The van der Waals surface area contributed by atoms with Crippen LogP contribution in [-0.4, -0.2) is 57.4 Å². The smallest absolute Gasteiger partial charge is 0.194 e. The molecule has 1 heterocycles. The standard InChI is InChI=1S/C18H29N3O2.HI/c1-3-19-18(20-13-16-7-5-4-6-8-16)21-10-9-17(14-21)15-23-12-11-22-2;/h4-8,17H,3,9-15H2,1-2H3,(H,19,20);1H. The Hall–Kier alpha value is -0.860. The molecule has 0 aliphatic carbocycles. The van der Waals surface area contributed by atoms with Crippen LogP contribution in [0.2, 0.25) is 0 Å². The van der Waals surface area contributed by atoms with Crippen molar-refractivity contribution < 1.29 is 9.47 Å².